The first-order chi connectivity index (χ1) is 11.6. The van der Waals surface area contributed by atoms with Crippen LogP contribution in [0.25, 0.3) is 0 Å². The number of rotatable bonds is 4. The van der Waals surface area contributed by atoms with E-state index >= 15 is 0 Å². The number of likely N-dealkylation sites (tertiary alicyclic amines) is 1. The average molecular weight is 338 g/mol. The molecule has 3 rings (SSSR count). The lowest BCUT2D eigenvalue weighted by Gasteiger charge is -2.39. The lowest BCUT2D eigenvalue weighted by molar-refractivity contribution is 0.0211. The van der Waals surface area contributed by atoms with Crippen molar-refractivity contribution in [3.8, 4) is 0 Å². The van der Waals surface area contributed by atoms with Crippen molar-refractivity contribution in [1.82, 2.24) is 10.2 Å². The van der Waals surface area contributed by atoms with Crippen LogP contribution in [0.3, 0.4) is 0 Å². The molecule has 0 atom stereocenters. The Morgan fingerprint density at radius 1 is 1.17 bits per heavy atom. The van der Waals surface area contributed by atoms with Crippen molar-refractivity contribution in [3.05, 3.63) is 35.4 Å². The first-order valence-electron chi connectivity index (χ1n) is 8.68. The van der Waals surface area contributed by atoms with Gasteiger partial charge in [0.25, 0.3) is 5.91 Å². The Morgan fingerprint density at radius 3 is 2.54 bits per heavy atom. The minimum Gasteiger partial charge on any atom is -0.381 e. The van der Waals surface area contributed by atoms with Gasteiger partial charge in [0, 0.05) is 31.9 Å². The molecule has 2 aliphatic rings. The van der Waals surface area contributed by atoms with Crippen LogP contribution in [0, 0.1) is 17.6 Å². The van der Waals surface area contributed by atoms with Crippen molar-refractivity contribution in [2.24, 2.45) is 5.92 Å². The Hall–Kier alpha value is -1.53. The maximum atomic E-state index is 13.6. The van der Waals surface area contributed by atoms with Crippen molar-refractivity contribution in [2.45, 2.75) is 31.7 Å². The zero-order chi connectivity index (χ0) is 16.9. The Balaban J connectivity index is 1.43. The molecule has 0 radical (unpaired) electrons. The predicted octanol–water partition coefficient (Wildman–Crippen LogP) is 2.59. The van der Waals surface area contributed by atoms with Crippen molar-refractivity contribution < 1.29 is 18.3 Å². The standard InChI is InChI=1S/C18H24F2N2O2/c19-14-1-2-16(17(20)11-14)18(23)21-12-13-3-7-22(8-4-13)15-5-9-24-10-6-15/h1-2,11,13,15H,3-10,12H2,(H,21,23). The van der Waals surface area contributed by atoms with E-state index in [0.717, 1.165) is 64.1 Å². The second-order valence-electron chi connectivity index (χ2n) is 6.66. The molecule has 132 valence electrons. The van der Waals surface area contributed by atoms with Crippen LogP contribution < -0.4 is 5.32 Å². The molecule has 0 spiro atoms. The molecular formula is C18H24F2N2O2. The van der Waals surface area contributed by atoms with Gasteiger partial charge >= 0.3 is 0 Å². The van der Waals surface area contributed by atoms with Crippen LogP contribution in [0.2, 0.25) is 0 Å². The molecule has 24 heavy (non-hydrogen) atoms. The van der Waals surface area contributed by atoms with Gasteiger partial charge in [0.05, 0.1) is 5.56 Å². The number of piperidine rings is 1. The number of ether oxygens (including phenoxy) is 1. The second-order valence-corrected chi connectivity index (χ2v) is 6.66. The Labute approximate surface area is 141 Å². The zero-order valence-electron chi connectivity index (χ0n) is 13.8. The van der Waals surface area contributed by atoms with E-state index in [0.29, 0.717) is 18.5 Å². The molecule has 2 heterocycles. The van der Waals surface area contributed by atoms with Crippen molar-refractivity contribution in [1.29, 1.82) is 0 Å². The van der Waals surface area contributed by atoms with Gasteiger partial charge in [0.15, 0.2) is 0 Å². The number of halogens is 2. The molecule has 6 heteroatoms. The summed E-state index contributed by atoms with van der Waals surface area (Å²) in [6.07, 6.45) is 4.27. The molecule has 1 N–H and O–H groups in total. The maximum absolute atomic E-state index is 13.6. The van der Waals surface area contributed by atoms with Gasteiger partial charge in [-0.25, -0.2) is 8.78 Å². The van der Waals surface area contributed by atoms with E-state index < -0.39 is 17.5 Å². The third-order valence-corrected chi connectivity index (χ3v) is 5.08. The van der Waals surface area contributed by atoms with Crippen LogP contribution in [-0.2, 0) is 4.74 Å². The van der Waals surface area contributed by atoms with E-state index in [4.69, 9.17) is 4.74 Å². The molecule has 2 saturated heterocycles. The summed E-state index contributed by atoms with van der Waals surface area (Å²) in [6, 6.07) is 3.65. The molecule has 1 amide bonds. The third-order valence-electron chi connectivity index (χ3n) is 5.08. The average Bonchev–Trinajstić information content (AvgIpc) is 2.61. The van der Waals surface area contributed by atoms with Crippen molar-refractivity contribution in [2.75, 3.05) is 32.8 Å². The van der Waals surface area contributed by atoms with Crippen LogP contribution in [0.1, 0.15) is 36.0 Å². The highest BCUT2D eigenvalue weighted by Gasteiger charge is 2.26. The highest BCUT2D eigenvalue weighted by atomic mass is 19.1. The third kappa shape index (κ3) is 4.30. The molecule has 2 aliphatic heterocycles. The van der Waals surface area contributed by atoms with Crippen LogP contribution in [0.4, 0.5) is 8.78 Å². The molecule has 0 aromatic heterocycles. The van der Waals surface area contributed by atoms with Gasteiger partial charge < -0.3 is 15.0 Å². The minimum absolute atomic E-state index is 0.101. The molecule has 0 unspecified atom stereocenters. The quantitative estimate of drug-likeness (QED) is 0.917. The maximum Gasteiger partial charge on any atom is 0.254 e. The molecule has 2 fully saturated rings. The van der Waals surface area contributed by atoms with Gasteiger partial charge in [-0.15, -0.1) is 0 Å². The summed E-state index contributed by atoms with van der Waals surface area (Å²) in [7, 11) is 0. The fourth-order valence-corrected chi connectivity index (χ4v) is 3.58. The van der Waals surface area contributed by atoms with E-state index in [1.807, 2.05) is 0 Å². The molecular weight excluding hydrogens is 314 g/mol. The minimum atomic E-state index is -0.818. The number of carbonyl (C=O) groups is 1. The number of hydrogen-bond acceptors (Lipinski definition) is 3. The number of nitrogens with one attached hydrogen (secondary N) is 1. The first kappa shape index (κ1) is 17.3. The van der Waals surface area contributed by atoms with E-state index in [9.17, 15) is 13.6 Å². The number of nitrogens with zero attached hydrogens (tertiary/aromatic N) is 1. The van der Waals surface area contributed by atoms with Gasteiger partial charge in [0.2, 0.25) is 0 Å². The number of hydrogen-bond donors (Lipinski definition) is 1. The first-order valence-corrected chi connectivity index (χ1v) is 8.68. The fourth-order valence-electron chi connectivity index (χ4n) is 3.58. The molecule has 4 nitrogen and oxygen atoms in total. The fraction of sp³-hybridized carbons (Fsp3) is 0.611. The topological polar surface area (TPSA) is 41.6 Å². The normalized spacial score (nSPS) is 20.9. The van der Waals surface area contributed by atoms with E-state index in [2.05, 4.69) is 10.2 Å². The van der Waals surface area contributed by atoms with E-state index in [-0.39, 0.29) is 5.56 Å². The smallest absolute Gasteiger partial charge is 0.254 e. The van der Waals surface area contributed by atoms with Gasteiger partial charge in [-0.1, -0.05) is 0 Å². The summed E-state index contributed by atoms with van der Waals surface area (Å²) in [5, 5.41) is 2.78. The number of carbonyl (C=O) groups excluding carboxylic acids is 1. The molecule has 0 aliphatic carbocycles. The van der Waals surface area contributed by atoms with Gasteiger partial charge in [-0.05, 0) is 56.8 Å². The summed E-state index contributed by atoms with van der Waals surface area (Å²) >= 11 is 0. The van der Waals surface area contributed by atoms with Crippen LogP contribution in [-0.4, -0.2) is 49.7 Å². The summed E-state index contributed by atoms with van der Waals surface area (Å²) < 4.78 is 31.9. The Morgan fingerprint density at radius 2 is 1.88 bits per heavy atom. The van der Waals surface area contributed by atoms with Crippen molar-refractivity contribution >= 4 is 5.91 Å². The molecule has 1 aromatic rings. The van der Waals surface area contributed by atoms with E-state index in [1.54, 1.807) is 0 Å². The second kappa shape index (κ2) is 8.03. The lowest BCUT2D eigenvalue weighted by Crippen LogP contribution is -2.45. The molecule has 0 saturated carbocycles. The summed E-state index contributed by atoms with van der Waals surface area (Å²) in [5.41, 5.74) is -0.101. The lowest BCUT2D eigenvalue weighted by atomic mass is 9.94. The van der Waals surface area contributed by atoms with Crippen LogP contribution >= 0.6 is 0 Å². The highest BCUT2D eigenvalue weighted by molar-refractivity contribution is 5.94. The monoisotopic (exact) mass is 338 g/mol. The predicted molar refractivity (Wildman–Crippen MR) is 86.8 cm³/mol. The Kier molecular flexibility index (Phi) is 5.79. The van der Waals surface area contributed by atoms with E-state index in [1.165, 1.54) is 6.07 Å². The zero-order valence-corrected chi connectivity index (χ0v) is 13.8. The Bertz CT molecular complexity index is 568. The summed E-state index contributed by atoms with van der Waals surface area (Å²) in [5.74, 6) is -1.56. The SMILES string of the molecule is O=C(NCC1CCN(C2CCOCC2)CC1)c1ccc(F)cc1F. The summed E-state index contributed by atoms with van der Waals surface area (Å²) in [6.45, 7) is 4.32. The summed E-state index contributed by atoms with van der Waals surface area (Å²) in [4.78, 5) is 14.6. The van der Waals surface area contributed by atoms with Gasteiger partial charge in [-0.3, -0.25) is 4.79 Å². The molecule has 1 aromatic carbocycles. The van der Waals surface area contributed by atoms with Crippen LogP contribution in [0.5, 0.6) is 0 Å². The van der Waals surface area contributed by atoms with Crippen LogP contribution in [0.15, 0.2) is 18.2 Å². The highest BCUT2D eigenvalue weighted by Crippen LogP contribution is 2.23. The number of amides is 1. The largest absolute Gasteiger partial charge is 0.381 e. The number of benzene rings is 1. The van der Waals surface area contributed by atoms with Crippen molar-refractivity contribution in [3.63, 3.8) is 0 Å². The van der Waals surface area contributed by atoms with Gasteiger partial charge in [0.1, 0.15) is 11.6 Å². The molecule has 0 bridgehead atoms. The van der Waals surface area contributed by atoms with Gasteiger partial charge in [-0.2, -0.15) is 0 Å².